The van der Waals surface area contributed by atoms with Gasteiger partial charge in [0.25, 0.3) is 0 Å². The molecule has 0 bridgehead atoms. The van der Waals surface area contributed by atoms with Crippen molar-refractivity contribution in [2.45, 2.75) is 45.6 Å². The van der Waals surface area contributed by atoms with Crippen molar-refractivity contribution in [1.82, 2.24) is 5.32 Å². The molecule has 1 aliphatic rings. The van der Waals surface area contributed by atoms with E-state index in [0.717, 1.165) is 19.4 Å². The van der Waals surface area contributed by atoms with Gasteiger partial charge in [0, 0.05) is 6.42 Å². The number of piperidine rings is 1. The SMILES string of the molecule is CC(C)CC(=O)[C@H]1CCCCN1. The van der Waals surface area contributed by atoms with Gasteiger partial charge in [-0.1, -0.05) is 20.3 Å². The molecule has 0 radical (unpaired) electrons. The van der Waals surface area contributed by atoms with Gasteiger partial charge in [-0.2, -0.15) is 0 Å². The Morgan fingerprint density at radius 2 is 2.25 bits per heavy atom. The Kier molecular flexibility index (Phi) is 3.73. The maximum atomic E-state index is 11.5. The Morgan fingerprint density at radius 3 is 2.75 bits per heavy atom. The summed E-state index contributed by atoms with van der Waals surface area (Å²) in [5.41, 5.74) is 0. The van der Waals surface area contributed by atoms with Crippen LogP contribution in [0.3, 0.4) is 0 Å². The zero-order valence-corrected chi connectivity index (χ0v) is 8.10. The van der Waals surface area contributed by atoms with Crippen molar-refractivity contribution >= 4 is 5.78 Å². The second kappa shape index (κ2) is 4.61. The van der Waals surface area contributed by atoms with Gasteiger partial charge < -0.3 is 5.32 Å². The summed E-state index contributed by atoms with van der Waals surface area (Å²) in [7, 11) is 0. The van der Waals surface area contributed by atoms with Gasteiger partial charge >= 0.3 is 0 Å². The molecule has 2 nitrogen and oxygen atoms in total. The third kappa shape index (κ3) is 2.94. The summed E-state index contributed by atoms with van der Waals surface area (Å²) in [6, 6.07) is 0.168. The number of rotatable bonds is 3. The van der Waals surface area contributed by atoms with Gasteiger partial charge in [-0.25, -0.2) is 0 Å². The molecule has 0 amide bonds. The average molecular weight is 169 g/mol. The summed E-state index contributed by atoms with van der Waals surface area (Å²) in [6.45, 7) is 5.22. The summed E-state index contributed by atoms with van der Waals surface area (Å²) in [5.74, 6) is 0.908. The predicted octanol–water partition coefficient (Wildman–Crippen LogP) is 1.74. The molecule has 1 atom stereocenters. The van der Waals surface area contributed by atoms with Crippen molar-refractivity contribution in [3.05, 3.63) is 0 Å². The van der Waals surface area contributed by atoms with E-state index in [4.69, 9.17) is 0 Å². The van der Waals surface area contributed by atoms with Crippen molar-refractivity contribution in [3.8, 4) is 0 Å². The van der Waals surface area contributed by atoms with Gasteiger partial charge in [-0.15, -0.1) is 0 Å². The van der Waals surface area contributed by atoms with Crippen LogP contribution in [-0.2, 0) is 4.79 Å². The van der Waals surface area contributed by atoms with Crippen molar-refractivity contribution in [2.75, 3.05) is 6.54 Å². The van der Waals surface area contributed by atoms with Gasteiger partial charge in [-0.05, 0) is 25.3 Å². The van der Waals surface area contributed by atoms with Gasteiger partial charge in [0.2, 0.25) is 0 Å². The monoisotopic (exact) mass is 169 g/mol. The minimum atomic E-state index is 0.168. The molecular formula is C10H19NO. The first-order chi connectivity index (χ1) is 5.70. The van der Waals surface area contributed by atoms with Crippen LogP contribution in [0.25, 0.3) is 0 Å². The predicted molar refractivity (Wildman–Crippen MR) is 50.1 cm³/mol. The molecule has 1 N–H and O–H groups in total. The average Bonchev–Trinajstić information content (AvgIpc) is 2.05. The van der Waals surface area contributed by atoms with Crippen LogP contribution in [0.5, 0.6) is 0 Å². The number of Topliss-reactive ketones (excluding diaryl/α,β-unsaturated/α-hetero) is 1. The highest BCUT2D eigenvalue weighted by atomic mass is 16.1. The number of hydrogen-bond acceptors (Lipinski definition) is 2. The van der Waals surface area contributed by atoms with Crippen LogP contribution in [0.2, 0.25) is 0 Å². The van der Waals surface area contributed by atoms with E-state index in [1.54, 1.807) is 0 Å². The maximum Gasteiger partial charge on any atom is 0.149 e. The normalized spacial score (nSPS) is 24.4. The fraction of sp³-hybridized carbons (Fsp3) is 0.900. The standard InChI is InChI=1S/C10H19NO/c1-8(2)7-10(12)9-5-3-4-6-11-9/h8-9,11H,3-7H2,1-2H3/t9-/m1/s1. The molecule has 0 spiro atoms. The van der Waals surface area contributed by atoms with E-state index in [1.165, 1.54) is 12.8 Å². The Morgan fingerprint density at radius 1 is 1.50 bits per heavy atom. The van der Waals surface area contributed by atoms with Crippen LogP contribution in [-0.4, -0.2) is 18.4 Å². The van der Waals surface area contributed by atoms with Crippen molar-refractivity contribution in [2.24, 2.45) is 5.92 Å². The first kappa shape index (κ1) is 9.72. The topological polar surface area (TPSA) is 29.1 Å². The fourth-order valence-corrected chi connectivity index (χ4v) is 1.67. The summed E-state index contributed by atoms with van der Waals surface area (Å²) < 4.78 is 0. The highest BCUT2D eigenvalue weighted by Gasteiger charge is 2.20. The van der Waals surface area contributed by atoms with E-state index in [2.05, 4.69) is 19.2 Å². The molecule has 1 aliphatic heterocycles. The molecule has 0 saturated carbocycles. The fourth-order valence-electron chi connectivity index (χ4n) is 1.67. The van der Waals surface area contributed by atoms with E-state index in [-0.39, 0.29) is 6.04 Å². The van der Waals surface area contributed by atoms with Gasteiger partial charge in [0.05, 0.1) is 6.04 Å². The Bertz CT molecular complexity index is 148. The molecule has 0 aliphatic carbocycles. The van der Waals surface area contributed by atoms with Crippen LogP contribution in [0, 0.1) is 5.92 Å². The second-order valence-electron chi connectivity index (χ2n) is 4.07. The molecule has 0 aromatic carbocycles. The molecule has 0 aromatic rings. The summed E-state index contributed by atoms with van der Waals surface area (Å²) in [4.78, 5) is 11.5. The van der Waals surface area contributed by atoms with E-state index in [9.17, 15) is 4.79 Å². The zero-order chi connectivity index (χ0) is 8.97. The first-order valence-electron chi connectivity index (χ1n) is 4.96. The van der Waals surface area contributed by atoms with Crippen LogP contribution in [0.4, 0.5) is 0 Å². The quantitative estimate of drug-likeness (QED) is 0.697. The van der Waals surface area contributed by atoms with Crippen LogP contribution in [0.1, 0.15) is 39.5 Å². The van der Waals surface area contributed by atoms with E-state index < -0.39 is 0 Å². The maximum absolute atomic E-state index is 11.5. The number of hydrogen-bond donors (Lipinski definition) is 1. The third-order valence-electron chi connectivity index (χ3n) is 2.31. The molecular weight excluding hydrogens is 150 g/mol. The smallest absolute Gasteiger partial charge is 0.149 e. The lowest BCUT2D eigenvalue weighted by molar-refractivity contribution is -0.122. The van der Waals surface area contributed by atoms with Crippen LogP contribution in [0.15, 0.2) is 0 Å². The number of nitrogens with one attached hydrogen (secondary N) is 1. The molecule has 0 unspecified atom stereocenters. The molecule has 0 aromatic heterocycles. The molecule has 1 heterocycles. The lowest BCUT2D eigenvalue weighted by Crippen LogP contribution is -2.40. The number of carbonyl (C=O) groups excluding carboxylic acids is 1. The van der Waals surface area contributed by atoms with Crippen LogP contribution >= 0.6 is 0 Å². The summed E-state index contributed by atoms with van der Waals surface area (Å²) >= 11 is 0. The lowest BCUT2D eigenvalue weighted by atomic mass is 9.95. The highest BCUT2D eigenvalue weighted by Crippen LogP contribution is 2.11. The molecule has 1 rings (SSSR count). The molecule has 70 valence electrons. The number of carbonyl (C=O) groups is 1. The van der Waals surface area contributed by atoms with Gasteiger partial charge in [0.15, 0.2) is 0 Å². The van der Waals surface area contributed by atoms with Gasteiger partial charge in [0.1, 0.15) is 5.78 Å². The summed E-state index contributed by atoms with van der Waals surface area (Å²) in [5, 5.41) is 3.27. The van der Waals surface area contributed by atoms with Crippen molar-refractivity contribution in [1.29, 1.82) is 0 Å². The molecule has 1 saturated heterocycles. The Hall–Kier alpha value is -0.370. The first-order valence-corrected chi connectivity index (χ1v) is 4.96. The van der Waals surface area contributed by atoms with Crippen molar-refractivity contribution < 1.29 is 4.79 Å². The van der Waals surface area contributed by atoms with Crippen molar-refractivity contribution in [3.63, 3.8) is 0 Å². The second-order valence-corrected chi connectivity index (χ2v) is 4.07. The van der Waals surface area contributed by atoms with E-state index in [0.29, 0.717) is 11.7 Å². The molecule has 12 heavy (non-hydrogen) atoms. The van der Waals surface area contributed by atoms with Crippen LogP contribution < -0.4 is 5.32 Å². The number of ketones is 1. The van der Waals surface area contributed by atoms with E-state index in [1.807, 2.05) is 0 Å². The zero-order valence-electron chi connectivity index (χ0n) is 8.10. The van der Waals surface area contributed by atoms with E-state index >= 15 is 0 Å². The Labute approximate surface area is 74.7 Å². The molecule has 2 heteroatoms. The largest absolute Gasteiger partial charge is 0.307 e. The summed E-state index contributed by atoms with van der Waals surface area (Å²) in [6.07, 6.45) is 4.22. The highest BCUT2D eigenvalue weighted by molar-refractivity contribution is 5.84. The minimum absolute atomic E-state index is 0.168. The minimum Gasteiger partial charge on any atom is -0.307 e. The third-order valence-corrected chi connectivity index (χ3v) is 2.31. The van der Waals surface area contributed by atoms with Gasteiger partial charge in [-0.3, -0.25) is 4.79 Å². The lowest BCUT2D eigenvalue weighted by Gasteiger charge is -2.22. The Balaban J connectivity index is 2.30. The molecule has 1 fully saturated rings.